The van der Waals surface area contributed by atoms with Gasteiger partial charge in [-0.1, -0.05) is 44.2 Å². The molecule has 21 heavy (non-hydrogen) atoms. The van der Waals surface area contributed by atoms with Gasteiger partial charge in [0, 0.05) is 10.2 Å². The second-order valence-corrected chi connectivity index (χ2v) is 5.81. The molecule has 110 valence electrons. The Kier molecular flexibility index (Phi) is 5.39. The number of halogens is 1. The lowest BCUT2D eigenvalue weighted by molar-refractivity contribution is 0.262. The fraction of sp³-hybridized carbons (Fsp3) is 0.235. The number of nitrogens with one attached hydrogen (secondary N) is 2. The molecule has 1 unspecified atom stereocenters. The predicted octanol–water partition coefficient (Wildman–Crippen LogP) is 5.61. The van der Waals surface area contributed by atoms with Gasteiger partial charge in [0.15, 0.2) is 0 Å². The average Bonchev–Trinajstić information content (AvgIpc) is 2.49. The van der Waals surface area contributed by atoms with Crippen LogP contribution in [0.2, 0.25) is 0 Å². The molecule has 0 radical (unpaired) electrons. The monoisotopic (exact) mass is 346 g/mol. The van der Waals surface area contributed by atoms with Crippen LogP contribution in [0.5, 0.6) is 0 Å². The first kappa shape index (κ1) is 15.6. The van der Waals surface area contributed by atoms with Crippen LogP contribution in [-0.4, -0.2) is 6.03 Å². The number of rotatable bonds is 4. The molecule has 0 bridgehead atoms. The van der Waals surface area contributed by atoms with Gasteiger partial charge < -0.3 is 10.6 Å². The molecule has 0 aliphatic heterocycles. The molecule has 1 atom stereocenters. The van der Waals surface area contributed by atoms with Gasteiger partial charge in [0.2, 0.25) is 0 Å². The van der Waals surface area contributed by atoms with Crippen LogP contribution in [0.3, 0.4) is 0 Å². The van der Waals surface area contributed by atoms with E-state index < -0.39 is 0 Å². The maximum Gasteiger partial charge on any atom is 0.323 e. The van der Waals surface area contributed by atoms with Gasteiger partial charge in [-0.25, -0.2) is 4.79 Å². The molecule has 0 saturated heterocycles. The normalized spacial score (nSPS) is 11.8. The van der Waals surface area contributed by atoms with Crippen LogP contribution in [0.1, 0.15) is 31.7 Å². The summed E-state index contributed by atoms with van der Waals surface area (Å²) in [5, 5.41) is 5.78. The molecule has 0 spiro atoms. The van der Waals surface area contributed by atoms with Crippen molar-refractivity contribution in [3.05, 3.63) is 58.6 Å². The Balaban J connectivity index is 2.12. The van der Waals surface area contributed by atoms with Crippen molar-refractivity contribution < 1.29 is 4.79 Å². The van der Waals surface area contributed by atoms with Gasteiger partial charge in [-0.3, -0.25) is 0 Å². The van der Waals surface area contributed by atoms with Crippen LogP contribution in [0.4, 0.5) is 16.2 Å². The first-order valence-electron chi connectivity index (χ1n) is 7.03. The van der Waals surface area contributed by atoms with Gasteiger partial charge in [-0.2, -0.15) is 0 Å². The minimum Gasteiger partial charge on any atom is -0.307 e. The number of benzene rings is 2. The molecular weight excluding hydrogens is 328 g/mol. The molecule has 0 fully saturated rings. The second-order valence-electron chi connectivity index (χ2n) is 4.96. The fourth-order valence-corrected chi connectivity index (χ4v) is 2.48. The van der Waals surface area contributed by atoms with Gasteiger partial charge in [0.25, 0.3) is 0 Å². The van der Waals surface area contributed by atoms with E-state index in [0.29, 0.717) is 5.92 Å². The lowest BCUT2D eigenvalue weighted by atomic mass is 9.97. The van der Waals surface area contributed by atoms with Crippen LogP contribution in [0.25, 0.3) is 0 Å². The third kappa shape index (κ3) is 4.08. The van der Waals surface area contributed by atoms with Crippen LogP contribution >= 0.6 is 15.9 Å². The molecule has 3 nitrogen and oxygen atoms in total. The van der Waals surface area contributed by atoms with E-state index >= 15 is 0 Å². The predicted molar refractivity (Wildman–Crippen MR) is 91.9 cm³/mol. The minimum absolute atomic E-state index is 0.238. The average molecular weight is 347 g/mol. The van der Waals surface area contributed by atoms with Crippen molar-refractivity contribution in [1.82, 2.24) is 0 Å². The van der Waals surface area contributed by atoms with Gasteiger partial charge in [0.1, 0.15) is 0 Å². The van der Waals surface area contributed by atoms with Gasteiger partial charge >= 0.3 is 6.03 Å². The minimum atomic E-state index is -0.238. The maximum atomic E-state index is 12.2. The Labute approximate surface area is 133 Å². The Bertz CT molecular complexity index is 628. The number of carbonyl (C=O) groups is 1. The number of para-hydroxylation sites is 2. The van der Waals surface area contributed by atoms with E-state index in [0.717, 1.165) is 27.8 Å². The number of hydrogen-bond donors (Lipinski definition) is 2. The molecule has 0 aliphatic carbocycles. The Morgan fingerprint density at radius 1 is 1.05 bits per heavy atom. The third-order valence-electron chi connectivity index (χ3n) is 3.47. The summed E-state index contributed by atoms with van der Waals surface area (Å²) in [5.41, 5.74) is 2.76. The Hall–Kier alpha value is -1.81. The summed E-state index contributed by atoms with van der Waals surface area (Å²) in [5.74, 6) is 0.407. The van der Waals surface area contributed by atoms with Crippen molar-refractivity contribution in [2.45, 2.75) is 26.2 Å². The number of urea groups is 1. The molecular formula is C17H19BrN2O. The molecule has 2 rings (SSSR count). The molecule has 0 heterocycles. The van der Waals surface area contributed by atoms with Crippen LogP contribution in [0.15, 0.2) is 53.0 Å². The van der Waals surface area contributed by atoms with E-state index in [2.05, 4.69) is 46.5 Å². The van der Waals surface area contributed by atoms with Crippen molar-refractivity contribution in [2.75, 3.05) is 10.6 Å². The molecule has 0 aromatic heterocycles. The van der Waals surface area contributed by atoms with Crippen molar-refractivity contribution in [2.24, 2.45) is 0 Å². The van der Waals surface area contributed by atoms with Crippen molar-refractivity contribution in [3.63, 3.8) is 0 Å². The van der Waals surface area contributed by atoms with Crippen molar-refractivity contribution in [1.29, 1.82) is 0 Å². The summed E-state index contributed by atoms with van der Waals surface area (Å²) in [7, 11) is 0. The number of amides is 2. The van der Waals surface area contributed by atoms with Gasteiger partial charge in [0.05, 0.1) is 5.69 Å². The standard InChI is InChI=1S/C17H19BrN2O/c1-3-12(2)13-8-4-6-10-15(13)19-17(21)20-16-11-7-5-9-14(16)18/h4-12H,3H2,1-2H3,(H2,19,20,21). The van der Waals surface area contributed by atoms with Crippen LogP contribution < -0.4 is 10.6 Å². The van der Waals surface area contributed by atoms with Crippen molar-refractivity contribution in [3.8, 4) is 0 Å². The second kappa shape index (κ2) is 7.27. The molecule has 4 heteroatoms. The first-order chi connectivity index (χ1) is 10.1. The zero-order valence-electron chi connectivity index (χ0n) is 12.2. The highest BCUT2D eigenvalue weighted by Crippen LogP contribution is 2.27. The number of hydrogen-bond acceptors (Lipinski definition) is 1. The van der Waals surface area contributed by atoms with E-state index in [1.165, 1.54) is 0 Å². The number of carbonyl (C=O) groups excluding carboxylic acids is 1. The van der Waals surface area contributed by atoms with E-state index in [4.69, 9.17) is 0 Å². The molecule has 2 N–H and O–H groups in total. The van der Waals surface area contributed by atoms with E-state index in [1.807, 2.05) is 42.5 Å². The smallest absolute Gasteiger partial charge is 0.307 e. The summed E-state index contributed by atoms with van der Waals surface area (Å²) in [4.78, 5) is 12.2. The van der Waals surface area contributed by atoms with Crippen molar-refractivity contribution >= 4 is 33.3 Å². The lowest BCUT2D eigenvalue weighted by Gasteiger charge is -2.16. The fourth-order valence-electron chi connectivity index (χ4n) is 2.10. The van der Waals surface area contributed by atoms with Crippen LogP contribution in [-0.2, 0) is 0 Å². The highest BCUT2D eigenvalue weighted by Gasteiger charge is 2.11. The molecule has 2 amide bonds. The summed E-state index contributed by atoms with van der Waals surface area (Å²) < 4.78 is 0.857. The largest absolute Gasteiger partial charge is 0.323 e. The summed E-state index contributed by atoms with van der Waals surface area (Å²) in [6.45, 7) is 4.30. The SMILES string of the molecule is CCC(C)c1ccccc1NC(=O)Nc1ccccc1Br. The quantitative estimate of drug-likeness (QED) is 0.742. The van der Waals surface area contributed by atoms with E-state index in [-0.39, 0.29) is 6.03 Å². The highest BCUT2D eigenvalue weighted by molar-refractivity contribution is 9.10. The van der Waals surface area contributed by atoms with Gasteiger partial charge in [-0.15, -0.1) is 0 Å². The summed E-state index contributed by atoms with van der Waals surface area (Å²) in [6.07, 6.45) is 1.03. The lowest BCUT2D eigenvalue weighted by Crippen LogP contribution is -2.20. The Morgan fingerprint density at radius 2 is 1.62 bits per heavy atom. The molecule has 0 saturated carbocycles. The zero-order chi connectivity index (χ0) is 15.2. The van der Waals surface area contributed by atoms with E-state index in [1.54, 1.807) is 0 Å². The Morgan fingerprint density at radius 3 is 2.29 bits per heavy atom. The summed E-state index contributed by atoms with van der Waals surface area (Å²) in [6, 6.07) is 15.2. The summed E-state index contributed by atoms with van der Waals surface area (Å²) >= 11 is 3.42. The van der Waals surface area contributed by atoms with Crippen LogP contribution in [0, 0.1) is 0 Å². The highest BCUT2D eigenvalue weighted by atomic mass is 79.9. The first-order valence-corrected chi connectivity index (χ1v) is 7.82. The zero-order valence-corrected chi connectivity index (χ0v) is 13.8. The maximum absolute atomic E-state index is 12.2. The molecule has 0 aliphatic rings. The van der Waals surface area contributed by atoms with E-state index in [9.17, 15) is 4.79 Å². The number of anilines is 2. The molecule has 2 aromatic rings. The third-order valence-corrected chi connectivity index (χ3v) is 4.17. The van der Waals surface area contributed by atoms with Gasteiger partial charge in [-0.05, 0) is 52.0 Å². The topological polar surface area (TPSA) is 41.1 Å². The molecule has 2 aromatic carbocycles.